The molecule has 0 N–H and O–H groups in total. The Morgan fingerprint density at radius 2 is 2.13 bits per heavy atom. The Morgan fingerprint density at radius 3 is 3.00 bits per heavy atom. The van der Waals surface area contributed by atoms with E-state index in [1.54, 1.807) is 0 Å². The first-order chi connectivity index (χ1) is 11.1. The third-order valence-electron chi connectivity index (χ3n) is 5.26. The molecule has 2 aromatic rings. The van der Waals surface area contributed by atoms with Gasteiger partial charge in [0.25, 0.3) is 0 Å². The van der Waals surface area contributed by atoms with Gasteiger partial charge in [-0.05, 0) is 26.2 Å². The SMILES string of the molecule is CN(C)C[C@@]12COC[C@@H]1CN(Cc1ccc3ccccc3n1)C2. The maximum absolute atomic E-state index is 5.80. The van der Waals surface area contributed by atoms with Crippen molar-refractivity contribution in [3.63, 3.8) is 0 Å². The molecule has 3 heterocycles. The van der Waals surface area contributed by atoms with Gasteiger partial charge in [0.15, 0.2) is 0 Å². The molecule has 2 saturated heterocycles. The van der Waals surface area contributed by atoms with Crippen LogP contribution in [0.2, 0.25) is 0 Å². The number of nitrogens with zero attached hydrogens (tertiary/aromatic N) is 3. The number of likely N-dealkylation sites (tertiary alicyclic amines) is 1. The monoisotopic (exact) mass is 311 g/mol. The molecule has 23 heavy (non-hydrogen) atoms. The summed E-state index contributed by atoms with van der Waals surface area (Å²) in [6.45, 7) is 6.11. The quantitative estimate of drug-likeness (QED) is 0.866. The van der Waals surface area contributed by atoms with E-state index in [0.717, 1.165) is 44.9 Å². The number of benzene rings is 1. The van der Waals surface area contributed by atoms with Crippen molar-refractivity contribution in [2.24, 2.45) is 11.3 Å². The van der Waals surface area contributed by atoms with E-state index in [1.807, 2.05) is 0 Å². The maximum Gasteiger partial charge on any atom is 0.0705 e. The van der Waals surface area contributed by atoms with Crippen LogP contribution in [0.25, 0.3) is 10.9 Å². The first-order valence-corrected chi connectivity index (χ1v) is 8.44. The smallest absolute Gasteiger partial charge is 0.0705 e. The average Bonchev–Trinajstić information content (AvgIpc) is 3.02. The number of para-hydroxylation sites is 1. The summed E-state index contributed by atoms with van der Waals surface area (Å²) in [4.78, 5) is 9.70. The van der Waals surface area contributed by atoms with E-state index < -0.39 is 0 Å². The van der Waals surface area contributed by atoms with Crippen LogP contribution >= 0.6 is 0 Å². The van der Waals surface area contributed by atoms with Crippen molar-refractivity contribution in [1.82, 2.24) is 14.8 Å². The zero-order chi connectivity index (χ0) is 15.9. The molecule has 1 aromatic carbocycles. The number of pyridine rings is 1. The van der Waals surface area contributed by atoms with E-state index in [-0.39, 0.29) is 0 Å². The predicted octanol–water partition coefficient (Wildman–Crippen LogP) is 2.24. The molecule has 0 aliphatic carbocycles. The minimum absolute atomic E-state index is 0.306. The maximum atomic E-state index is 5.80. The molecule has 4 rings (SSSR count). The molecule has 0 radical (unpaired) electrons. The Kier molecular flexibility index (Phi) is 3.84. The molecule has 4 heteroatoms. The molecule has 2 aliphatic rings. The molecule has 2 atom stereocenters. The van der Waals surface area contributed by atoms with Crippen LogP contribution in [0.5, 0.6) is 0 Å². The second-order valence-corrected chi connectivity index (χ2v) is 7.48. The average molecular weight is 311 g/mol. The van der Waals surface area contributed by atoms with Crippen LogP contribution in [-0.4, -0.2) is 61.7 Å². The Morgan fingerprint density at radius 1 is 1.26 bits per heavy atom. The minimum Gasteiger partial charge on any atom is -0.380 e. The topological polar surface area (TPSA) is 28.6 Å². The van der Waals surface area contributed by atoms with E-state index >= 15 is 0 Å². The zero-order valence-electron chi connectivity index (χ0n) is 14.0. The van der Waals surface area contributed by atoms with Crippen LogP contribution in [0, 0.1) is 11.3 Å². The highest BCUT2D eigenvalue weighted by Crippen LogP contribution is 2.42. The second kappa shape index (κ2) is 5.86. The van der Waals surface area contributed by atoms with Crippen molar-refractivity contribution >= 4 is 10.9 Å². The highest BCUT2D eigenvalue weighted by molar-refractivity contribution is 5.78. The van der Waals surface area contributed by atoms with Crippen LogP contribution in [0.3, 0.4) is 0 Å². The van der Waals surface area contributed by atoms with Gasteiger partial charge in [-0.15, -0.1) is 0 Å². The summed E-state index contributed by atoms with van der Waals surface area (Å²) in [5.74, 6) is 0.658. The molecule has 0 amide bonds. The molecule has 0 saturated carbocycles. The van der Waals surface area contributed by atoms with Crippen LogP contribution in [0.4, 0.5) is 0 Å². The fourth-order valence-corrected chi connectivity index (χ4v) is 4.34. The van der Waals surface area contributed by atoms with E-state index in [2.05, 4.69) is 60.3 Å². The molecule has 2 aliphatic heterocycles. The Labute approximate surface area is 138 Å². The molecule has 1 aromatic heterocycles. The number of ether oxygens (including phenoxy) is 1. The van der Waals surface area contributed by atoms with Crippen molar-refractivity contribution in [2.75, 3.05) is 46.9 Å². The van der Waals surface area contributed by atoms with Gasteiger partial charge in [0.1, 0.15) is 0 Å². The molecular weight excluding hydrogens is 286 g/mol. The molecular formula is C19H25N3O. The molecule has 122 valence electrons. The highest BCUT2D eigenvalue weighted by atomic mass is 16.5. The van der Waals surface area contributed by atoms with E-state index in [9.17, 15) is 0 Å². The van der Waals surface area contributed by atoms with Crippen LogP contribution in [-0.2, 0) is 11.3 Å². The number of hydrogen-bond donors (Lipinski definition) is 0. The van der Waals surface area contributed by atoms with E-state index in [4.69, 9.17) is 9.72 Å². The lowest BCUT2D eigenvalue weighted by molar-refractivity contribution is 0.109. The largest absolute Gasteiger partial charge is 0.380 e. The van der Waals surface area contributed by atoms with Gasteiger partial charge in [-0.1, -0.05) is 24.3 Å². The van der Waals surface area contributed by atoms with E-state index in [0.29, 0.717) is 11.3 Å². The van der Waals surface area contributed by atoms with Crippen LogP contribution < -0.4 is 0 Å². The van der Waals surface area contributed by atoms with Crippen molar-refractivity contribution in [3.05, 3.63) is 42.1 Å². The number of aromatic nitrogens is 1. The first-order valence-electron chi connectivity index (χ1n) is 8.44. The van der Waals surface area contributed by atoms with Crippen molar-refractivity contribution < 1.29 is 4.74 Å². The minimum atomic E-state index is 0.306. The third kappa shape index (κ3) is 2.87. The van der Waals surface area contributed by atoms with Gasteiger partial charge in [-0.25, -0.2) is 0 Å². The molecule has 4 nitrogen and oxygen atoms in total. The predicted molar refractivity (Wildman–Crippen MR) is 92.3 cm³/mol. The summed E-state index contributed by atoms with van der Waals surface area (Å²) >= 11 is 0. The van der Waals surface area contributed by atoms with Gasteiger partial charge in [-0.2, -0.15) is 0 Å². The highest BCUT2D eigenvalue weighted by Gasteiger charge is 2.50. The summed E-state index contributed by atoms with van der Waals surface area (Å²) in [7, 11) is 4.33. The van der Waals surface area contributed by atoms with Gasteiger partial charge in [-0.3, -0.25) is 9.88 Å². The fraction of sp³-hybridized carbons (Fsp3) is 0.526. The number of hydrogen-bond acceptors (Lipinski definition) is 4. The Bertz CT molecular complexity index is 702. The van der Waals surface area contributed by atoms with Gasteiger partial charge in [0.2, 0.25) is 0 Å². The Balaban J connectivity index is 1.51. The molecule has 2 fully saturated rings. The van der Waals surface area contributed by atoms with Crippen molar-refractivity contribution in [3.8, 4) is 0 Å². The summed E-state index contributed by atoms with van der Waals surface area (Å²) in [6.07, 6.45) is 0. The standard InChI is InChI=1S/C19H25N3O/c1-21(2)12-19-13-22(9-16(19)11-23-14-19)10-17-8-7-15-5-3-4-6-18(15)20-17/h3-8,16H,9-14H2,1-2H3/t16-,19+/m0/s1. The number of fused-ring (bicyclic) bond motifs is 2. The zero-order valence-corrected chi connectivity index (χ0v) is 14.0. The summed E-state index contributed by atoms with van der Waals surface area (Å²) in [5.41, 5.74) is 2.57. The lowest BCUT2D eigenvalue weighted by atomic mass is 9.81. The van der Waals surface area contributed by atoms with Gasteiger partial charge >= 0.3 is 0 Å². The van der Waals surface area contributed by atoms with E-state index in [1.165, 1.54) is 11.1 Å². The van der Waals surface area contributed by atoms with Crippen molar-refractivity contribution in [2.45, 2.75) is 6.54 Å². The van der Waals surface area contributed by atoms with Crippen molar-refractivity contribution in [1.29, 1.82) is 0 Å². The molecule has 0 bridgehead atoms. The second-order valence-electron chi connectivity index (χ2n) is 7.48. The summed E-state index contributed by atoms with van der Waals surface area (Å²) in [6, 6.07) is 12.7. The van der Waals surface area contributed by atoms with Gasteiger partial charge in [0.05, 0.1) is 24.4 Å². The fourth-order valence-electron chi connectivity index (χ4n) is 4.34. The first kappa shape index (κ1) is 15.1. The van der Waals surface area contributed by atoms with Crippen LogP contribution in [0.15, 0.2) is 36.4 Å². The summed E-state index contributed by atoms with van der Waals surface area (Å²) < 4.78 is 5.80. The molecule has 0 unspecified atom stereocenters. The normalized spacial score (nSPS) is 27.9. The van der Waals surface area contributed by atoms with Crippen LogP contribution in [0.1, 0.15) is 5.69 Å². The molecule has 0 spiro atoms. The number of rotatable bonds is 4. The van der Waals surface area contributed by atoms with Gasteiger partial charge in [0, 0.05) is 42.9 Å². The lowest BCUT2D eigenvalue weighted by Gasteiger charge is -2.30. The summed E-state index contributed by atoms with van der Waals surface area (Å²) in [5, 5.41) is 1.21. The lowest BCUT2D eigenvalue weighted by Crippen LogP contribution is -2.40. The third-order valence-corrected chi connectivity index (χ3v) is 5.26. The van der Waals surface area contributed by atoms with Gasteiger partial charge < -0.3 is 9.64 Å². The Hall–Kier alpha value is -1.49.